The molecular formula is C23H23ClN4O6S. The molecule has 12 heteroatoms. The van der Waals surface area contributed by atoms with Crippen molar-refractivity contribution < 1.29 is 27.5 Å². The van der Waals surface area contributed by atoms with Crippen LogP contribution in [-0.4, -0.2) is 57.5 Å². The van der Waals surface area contributed by atoms with Gasteiger partial charge in [0.2, 0.25) is 10.0 Å². The number of carbonyl (C=O) groups is 2. The highest BCUT2D eigenvalue weighted by Gasteiger charge is 2.27. The van der Waals surface area contributed by atoms with E-state index in [4.69, 9.17) is 21.1 Å². The average Bonchev–Trinajstić information content (AvgIpc) is 2.86. The largest absolute Gasteiger partial charge is 0.462 e. The number of nitrogens with zero attached hydrogens (tertiary/aromatic N) is 2. The molecule has 0 saturated carbocycles. The number of morpholine rings is 1. The lowest BCUT2D eigenvalue weighted by Crippen LogP contribution is -2.40. The SMILES string of the molecule is CCOC(=O)c1ccccc1NC(=O)/C(C#N)=C\Nc1cc(S(=O)(=O)N2CCOCC2)ccc1Cl. The predicted molar refractivity (Wildman–Crippen MR) is 129 cm³/mol. The number of amides is 1. The van der Waals surface area contributed by atoms with Crippen LogP contribution in [0.5, 0.6) is 0 Å². The van der Waals surface area contributed by atoms with Crippen LogP contribution < -0.4 is 10.6 Å². The molecule has 0 spiro atoms. The molecule has 0 bridgehead atoms. The van der Waals surface area contributed by atoms with Gasteiger partial charge in [-0.05, 0) is 37.3 Å². The number of anilines is 2. The van der Waals surface area contributed by atoms with E-state index in [1.165, 1.54) is 34.6 Å². The van der Waals surface area contributed by atoms with Gasteiger partial charge in [0, 0.05) is 19.3 Å². The highest BCUT2D eigenvalue weighted by molar-refractivity contribution is 7.89. The van der Waals surface area contributed by atoms with E-state index in [9.17, 15) is 23.3 Å². The molecule has 2 aromatic carbocycles. The van der Waals surface area contributed by atoms with Gasteiger partial charge in [-0.2, -0.15) is 9.57 Å². The number of hydrogen-bond donors (Lipinski definition) is 2. The van der Waals surface area contributed by atoms with Crippen molar-refractivity contribution in [1.82, 2.24) is 4.31 Å². The Labute approximate surface area is 208 Å². The number of ether oxygens (including phenoxy) is 2. The third kappa shape index (κ3) is 6.37. The van der Waals surface area contributed by atoms with Crippen LogP contribution >= 0.6 is 11.6 Å². The number of nitriles is 1. The van der Waals surface area contributed by atoms with Gasteiger partial charge in [-0.3, -0.25) is 4.79 Å². The van der Waals surface area contributed by atoms with Crippen molar-refractivity contribution in [1.29, 1.82) is 5.26 Å². The van der Waals surface area contributed by atoms with Crippen molar-refractivity contribution in [2.75, 3.05) is 43.5 Å². The molecule has 0 atom stereocenters. The lowest BCUT2D eigenvalue weighted by molar-refractivity contribution is -0.112. The van der Waals surface area contributed by atoms with Crippen LogP contribution in [-0.2, 0) is 24.3 Å². The third-order valence-corrected chi connectivity index (χ3v) is 7.18. The maximum Gasteiger partial charge on any atom is 0.340 e. The van der Waals surface area contributed by atoms with E-state index in [1.807, 2.05) is 0 Å². The summed E-state index contributed by atoms with van der Waals surface area (Å²) in [5.74, 6) is -1.40. The Bertz CT molecular complexity index is 1280. The second-order valence-corrected chi connectivity index (χ2v) is 9.54. The molecule has 1 saturated heterocycles. The van der Waals surface area contributed by atoms with E-state index in [-0.39, 0.29) is 52.1 Å². The van der Waals surface area contributed by atoms with Crippen LogP contribution in [0.2, 0.25) is 5.02 Å². The van der Waals surface area contributed by atoms with E-state index < -0.39 is 21.9 Å². The molecule has 0 unspecified atom stereocenters. The first-order valence-corrected chi connectivity index (χ1v) is 12.4. The number of carbonyl (C=O) groups excluding carboxylic acids is 2. The van der Waals surface area contributed by atoms with E-state index in [1.54, 1.807) is 25.1 Å². The van der Waals surface area contributed by atoms with Gasteiger partial charge in [0.25, 0.3) is 5.91 Å². The molecule has 1 heterocycles. The summed E-state index contributed by atoms with van der Waals surface area (Å²) in [6, 6.07) is 12.1. The molecule has 2 aromatic rings. The zero-order valence-corrected chi connectivity index (χ0v) is 20.4. The van der Waals surface area contributed by atoms with Gasteiger partial charge in [-0.15, -0.1) is 0 Å². The summed E-state index contributed by atoms with van der Waals surface area (Å²) < 4.78 is 37.3. The highest BCUT2D eigenvalue weighted by Crippen LogP contribution is 2.27. The summed E-state index contributed by atoms with van der Waals surface area (Å²) in [6.45, 7) is 2.91. The second-order valence-electron chi connectivity index (χ2n) is 7.19. The number of rotatable bonds is 8. The van der Waals surface area contributed by atoms with Gasteiger partial charge in [0.05, 0.1) is 46.7 Å². The standard InChI is InChI=1S/C23H23ClN4O6S/c1-2-34-23(30)18-5-3-4-6-20(18)27-22(29)16(14-25)15-26-21-13-17(7-8-19(21)24)35(31,32)28-9-11-33-12-10-28/h3-8,13,15,26H,2,9-12H2,1H3,(H,27,29)/b16-15-. The first kappa shape index (κ1) is 26.2. The third-order valence-electron chi connectivity index (χ3n) is 4.95. The lowest BCUT2D eigenvalue weighted by Gasteiger charge is -2.26. The second kappa shape index (κ2) is 11.8. The molecule has 1 aliphatic heterocycles. The molecule has 0 aliphatic carbocycles. The Morgan fingerprint density at radius 2 is 1.91 bits per heavy atom. The van der Waals surface area contributed by atoms with Crippen molar-refractivity contribution in [2.24, 2.45) is 0 Å². The molecule has 3 rings (SSSR count). The maximum absolute atomic E-state index is 12.9. The number of halogens is 1. The van der Waals surface area contributed by atoms with E-state index in [0.29, 0.717) is 13.2 Å². The van der Waals surface area contributed by atoms with Crippen LogP contribution in [0.4, 0.5) is 11.4 Å². The molecule has 1 amide bonds. The molecule has 10 nitrogen and oxygen atoms in total. The number of hydrogen-bond acceptors (Lipinski definition) is 8. The fourth-order valence-electron chi connectivity index (χ4n) is 3.18. The fourth-order valence-corrected chi connectivity index (χ4v) is 4.79. The Balaban J connectivity index is 1.80. The van der Waals surface area contributed by atoms with Crippen molar-refractivity contribution in [3.63, 3.8) is 0 Å². The Morgan fingerprint density at radius 3 is 2.60 bits per heavy atom. The van der Waals surface area contributed by atoms with Crippen molar-refractivity contribution in [2.45, 2.75) is 11.8 Å². The first-order valence-electron chi connectivity index (χ1n) is 10.6. The molecule has 1 fully saturated rings. The van der Waals surface area contributed by atoms with E-state index in [2.05, 4.69) is 10.6 Å². The molecule has 35 heavy (non-hydrogen) atoms. The smallest absolute Gasteiger partial charge is 0.340 e. The summed E-state index contributed by atoms with van der Waals surface area (Å²) in [4.78, 5) is 24.8. The minimum absolute atomic E-state index is 0.00558. The van der Waals surface area contributed by atoms with Gasteiger partial charge < -0.3 is 20.1 Å². The summed E-state index contributed by atoms with van der Waals surface area (Å²) in [7, 11) is -3.77. The van der Waals surface area contributed by atoms with Crippen LogP contribution in [0, 0.1) is 11.3 Å². The minimum Gasteiger partial charge on any atom is -0.462 e. The summed E-state index contributed by atoms with van der Waals surface area (Å²) in [5.41, 5.74) is 0.167. The molecular weight excluding hydrogens is 496 g/mol. The van der Waals surface area contributed by atoms with Crippen LogP contribution in [0.1, 0.15) is 17.3 Å². The zero-order chi connectivity index (χ0) is 25.4. The predicted octanol–water partition coefficient (Wildman–Crippen LogP) is 3.00. The average molecular weight is 519 g/mol. The number of esters is 1. The quantitative estimate of drug-likeness (QED) is 0.309. The van der Waals surface area contributed by atoms with Gasteiger partial charge in [0.1, 0.15) is 11.6 Å². The minimum atomic E-state index is -3.77. The summed E-state index contributed by atoms with van der Waals surface area (Å²) >= 11 is 6.20. The molecule has 0 aromatic heterocycles. The monoisotopic (exact) mass is 518 g/mol. The van der Waals surface area contributed by atoms with Gasteiger partial charge >= 0.3 is 5.97 Å². The van der Waals surface area contributed by atoms with Crippen LogP contribution in [0.25, 0.3) is 0 Å². The number of para-hydroxylation sites is 1. The van der Waals surface area contributed by atoms with Gasteiger partial charge in [-0.1, -0.05) is 23.7 Å². The lowest BCUT2D eigenvalue weighted by atomic mass is 10.1. The molecule has 184 valence electrons. The van der Waals surface area contributed by atoms with Crippen molar-refractivity contribution >= 4 is 44.9 Å². The molecule has 2 N–H and O–H groups in total. The van der Waals surface area contributed by atoms with E-state index >= 15 is 0 Å². The number of sulfonamides is 1. The molecule has 1 aliphatic rings. The van der Waals surface area contributed by atoms with Crippen LogP contribution in [0.15, 0.2) is 59.1 Å². The van der Waals surface area contributed by atoms with Crippen molar-refractivity contribution in [3.8, 4) is 6.07 Å². The Hall–Kier alpha value is -3.43. The number of nitrogens with one attached hydrogen (secondary N) is 2. The fraction of sp³-hybridized carbons (Fsp3) is 0.261. The van der Waals surface area contributed by atoms with Crippen molar-refractivity contribution in [3.05, 3.63) is 64.8 Å². The summed E-state index contributed by atoms with van der Waals surface area (Å²) in [6.07, 6.45) is 1.11. The van der Waals surface area contributed by atoms with E-state index in [0.717, 1.165) is 6.20 Å². The van der Waals surface area contributed by atoms with Gasteiger partial charge in [-0.25, -0.2) is 13.2 Å². The maximum atomic E-state index is 12.9. The Morgan fingerprint density at radius 1 is 1.20 bits per heavy atom. The normalized spacial score (nSPS) is 14.6. The zero-order valence-electron chi connectivity index (χ0n) is 18.8. The Kier molecular flexibility index (Phi) is 8.84. The molecule has 0 radical (unpaired) electrons. The highest BCUT2D eigenvalue weighted by atomic mass is 35.5. The van der Waals surface area contributed by atoms with Crippen LogP contribution in [0.3, 0.4) is 0 Å². The first-order chi connectivity index (χ1) is 16.8. The topological polar surface area (TPSA) is 138 Å². The number of benzene rings is 2. The van der Waals surface area contributed by atoms with Gasteiger partial charge in [0.15, 0.2) is 0 Å². The summed E-state index contributed by atoms with van der Waals surface area (Å²) in [5, 5.41) is 14.9.